The number of hydrogen-bond acceptors (Lipinski definition) is 5. The van der Waals surface area contributed by atoms with Gasteiger partial charge in [-0.25, -0.2) is 9.18 Å². The van der Waals surface area contributed by atoms with Crippen LogP contribution in [0.15, 0.2) is 52.9 Å². The van der Waals surface area contributed by atoms with Crippen LogP contribution >= 0.6 is 0 Å². The number of benzene rings is 2. The molecule has 0 N–H and O–H groups in total. The number of urea groups is 1. The van der Waals surface area contributed by atoms with E-state index in [-0.39, 0.29) is 29.6 Å². The largest absolute Gasteiger partial charge is 0.415 e. The third-order valence-corrected chi connectivity index (χ3v) is 6.28. The third kappa shape index (κ3) is 4.82. The first-order valence-electron chi connectivity index (χ1n) is 9.79. The predicted molar refractivity (Wildman–Crippen MR) is 112 cm³/mol. The molecule has 1 saturated heterocycles. The Morgan fingerprint density at radius 3 is 2.47 bits per heavy atom. The van der Waals surface area contributed by atoms with Crippen molar-refractivity contribution in [3.8, 4) is 11.5 Å². The molecule has 11 heteroatoms. The molecule has 1 aliphatic heterocycles. The summed E-state index contributed by atoms with van der Waals surface area (Å²) in [5.74, 6) is -0.895. The van der Waals surface area contributed by atoms with Crippen LogP contribution in [0.3, 0.4) is 0 Å². The number of rotatable bonds is 5. The van der Waals surface area contributed by atoms with Crippen molar-refractivity contribution in [2.75, 3.05) is 29.5 Å². The highest BCUT2D eigenvalue weighted by molar-refractivity contribution is 7.85. The minimum atomic E-state index is -2.92. The van der Waals surface area contributed by atoms with Crippen molar-refractivity contribution < 1.29 is 26.6 Å². The van der Waals surface area contributed by atoms with Crippen molar-refractivity contribution in [2.24, 2.45) is 0 Å². The lowest BCUT2D eigenvalue weighted by Gasteiger charge is -2.33. The van der Waals surface area contributed by atoms with Gasteiger partial charge in [0.05, 0.1) is 6.54 Å². The highest BCUT2D eigenvalue weighted by Crippen LogP contribution is 2.26. The number of hydrogen-bond donors (Lipinski definition) is 0. The van der Waals surface area contributed by atoms with Crippen LogP contribution < -0.4 is 4.90 Å². The number of nitrogens with zero attached hydrogens (tertiary/aromatic N) is 4. The molecule has 0 aliphatic carbocycles. The number of aromatic nitrogens is 2. The van der Waals surface area contributed by atoms with Crippen molar-refractivity contribution in [3.05, 3.63) is 65.8 Å². The summed E-state index contributed by atoms with van der Waals surface area (Å²) in [6, 6.07) is 12.6. The zero-order chi connectivity index (χ0) is 22.7. The summed E-state index contributed by atoms with van der Waals surface area (Å²) >= 11 is 0. The van der Waals surface area contributed by atoms with E-state index in [9.17, 15) is 22.2 Å². The maximum absolute atomic E-state index is 14.9. The van der Waals surface area contributed by atoms with E-state index in [1.807, 2.05) is 6.07 Å². The summed E-state index contributed by atoms with van der Waals surface area (Å²) < 4.78 is 56.7. The Hall–Kier alpha value is -3.21. The van der Waals surface area contributed by atoms with E-state index in [0.717, 1.165) is 6.07 Å². The first-order chi connectivity index (χ1) is 15.4. The molecule has 2 heterocycles. The van der Waals surface area contributed by atoms with Gasteiger partial charge in [-0.05, 0) is 24.3 Å². The summed E-state index contributed by atoms with van der Waals surface area (Å²) in [7, 11) is -0.938. The molecule has 7 nitrogen and oxygen atoms in total. The molecule has 0 radical (unpaired) electrons. The molecule has 1 aromatic heterocycles. The average Bonchev–Trinajstić information content (AvgIpc) is 3.30. The normalized spacial score (nSPS) is 14.7. The molecule has 168 valence electrons. The van der Waals surface area contributed by atoms with Crippen LogP contribution in [0.1, 0.15) is 17.9 Å². The second-order valence-corrected chi connectivity index (χ2v) is 8.79. The minimum absolute atomic E-state index is 0.0549. The topological polar surface area (TPSA) is 79.5 Å². The molecule has 0 spiro atoms. The summed E-state index contributed by atoms with van der Waals surface area (Å²) in [4.78, 5) is 16.3. The molecule has 4 rings (SSSR count). The maximum Gasteiger partial charge on any atom is 0.324 e. The van der Waals surface area contributed by atoms with Crippen molar-refractivity contribution in [1.82, 2.24) is 15.1 Å². The second-order valence-electron chi connectivity index (χ2n) is 7.09. The van der Waals surface area contributed by atoms with E-state index in [4.69, 9.17) is 4.42 Å². The van der Waals surface area contributed by atoms with Gasteiger partial charge in [-0.15, -0.1) is 10.2 Å². The Labute approximate surface area is 184 Å². The van der Waals surface area contributed by atoms with E-state index in [1.54, 1.807) is 29.2 Å². The van der Waals surface area contributed by atoms with Crippen LogP contribution in [0.25, 0.3) is 11.5 Å². The van der Waals surface area contributed by atoms with Crippen LogP contribution in [-0.2, 0) is 17.3 Å². The first kappa shape index (κ1) is 22.0. The van der Waals surface area contributed by atoms with Crippen molar-refractivity contribution in [2.45, 2.75) is 13.0 Å². The van der Waals surface area contributed by atoms with Gasteiger partial charge in [0.1, 0.15) is 5.82 Å². The van der Waals surface area contributed by atoms with E-state index >= 15 is 0 Å². The first-order valence-corrected chi connectivity index (χ1v) is 11.3. The molecule has 1 aliphatic rings. The minimum Gasteiger partial charge on any atom is -0.415 e. The molecule has 1 fully saturated rings. The lowest BCUT2D eigenvalue weighted by atomic mass is 10.1. The number of carbonyl (C=O) groups is 1. The van der Waals surface area contributed by atoms with Gasteiger partial charge in [-0.1, -0.05) is 24.3 Å². The molecule has 0 atom stereocenters. The Morgan fingerprint density at radius 2 is 1.84 bits per heavy atom. The van der Waals surface area contributed by atoms with Crippen LogP contribution in [0.4, 0.5) is 23.7 Å². The Bertz CT molecular complexity index is 1120. The molecular weight excluding hydrogens is 445 g/mol. The van der Waals surface area contributed by atoms with E-state index in [1.165, 1.54) is 17.0 Å². The molecule has 0 saturated carbocycles. The standard InChI is InChI=1S/C21H19F3N4O3S/c22-17-12-14(19-25-26-20(31-19)18(23)24)6-7-15(17)13-28(16-4-2-1-3-5-16)21(29)27-8-10-32(30)11-9-27/h1-7,12,18H,8-11,13H2. The van der Waals surface area contributed by atoms with Crippen molar-refractivity contribution in [3.63, 3.8) is 0 Å². The fourth-order valence-electron chi connectivity index (χ4n) is 3.30. The Balaban J connectivity index is 1.59. The highest BCUT2D eigenvalue weighted by Gasteiger charge is 2.27. The summed E-state index contributed by atoms with van der Waals surface area (Å²) in [5, 5.41) is 6.77. The number of halogens is 3. The van der Waals surface area contributed by atoms with Crippen LogP contribution in [-0.4, -0.2) is 49.9 Å². The molecule has 0 bridgehead atoms. The van der Waals surface area contributed by atoms with Gasteiger partial charge in [0, 0.05) is 52.2 Å². The SMILES string of the molecule is O=C(N1CCS(=O)CC1)N(Cc1ccc(-c2nnc(C(F)F)o2)cc1F)c1ccccc1. The molecule has 2 amide bonds. The lowest BCUT2D eigenvalue weighted by Crippen LogP contribution is -2.48. The maximum atomic E-state index is 14.9. The third-order valence-electron chi connectivity index (χ3n) is 5.00. The average molecular weight is 464 g/mol. The summed E-state index contributed by atoms with van der Waals surface area (Å²) in [5.41, 5.74) is 0.966. The number of alkyl halides is 2. The highest BCUT2D eigenvalue weighted by atomic mass is 32.2. The second kappa shape index (κ2) is 9.51. The summed E-state index contributed by atoms with van der Waals surface area (Å²) in [6.07, 6.45) is -2.92. The number of amides is 2. The monoisotopic (exact) mass is 464 g/mol. The Kier molecular flexibility index (Phi) is 6.54. The lowest BCUT2D eigenvalue weighted by molar-refractivity contribution is 0.116. The summed E-state index contributed by atoms with van der Waals surface area (Å²) in [6.45, 7) is 0.667. The van der Waals surface area contributed by atoms with E-state index in [0.29, 0.717) is 30.3 Å². The molecule has 0 unspecified atom stereocenters. The number of anilines is 1. The van der Waals surface area contributed by atoms with Gasteiger partial charge < -0.3 is 9.32 Å². The Morgan fingerprint density at radius 1 is 1.12 bits per heavy atom. The van der Waals surface area contributed by atoms with Crippen LogP contribution in [0.2, 0.25) is 0 Å². The zero-order valence-electron chi connectivity index (χ0n) is 16.8. The van der Waals surface area contributed by atoms with E-state index < -0.39 is 28.9 Å². The van der Waals surface area contributed by atoms with Crippen molar-refractivity contribution >= 4 is 22.5 Å². The quantitative estimate of drug-likeness (QED) is 0.570. The molecule has 3 aromatic rings. The van der Waals surface area contributed by atoms with Crippen LogP contribution in [0.5, 0.6) is 0 Å². The fraction of sp³-hybridized carbons (Fsp3) is 0.286. The predicted octanol–water partition coefficient (Wildman–Crippen LogP) is 4.00. The fourth-order valence-corrected chi connectivity index (χ4v) is 4.35. The van der Waals surface area contributed by atoms with Gasteiger partial charge in [-0.3, -0.25) is 9.11 Å². The molecular formula is C21H19F3N4O3S. The van der Waals surface area contributed by atoms with Gasteiger partial charge in [0.25, 0.3) is 5.89 Å². The number of carbonyl (C=O) groups excluding carboxylic acids is 1. The smallest absolute Gasteiger partial charge is 0.324 e. The molecule has 2 aromatic carbocycles. The van der Waals surface area contributed by atoms with Gasteiger partial charge in [0.2, 0.25) is 5.89 Å². The number of para-hydroxylation sites is 1. The zero-order valence-corrected chi connectivity index (χ0v) is 17.6. The van der Waals surface area contributed by atoms with Gasteiger partial charge in [-0.2, -0.15) is 8.78 Å². The van der Waals surface area contributed by atoms with E-state index in [2.05, 4.69) is 10.2 Å². The van der Waals surface area contributed by atoms with Gasteiger partial charge in [0.15, 0.2) is 0 Å². The van der Waals surface area contributed by atoms with Crippen LogP contribution in [0, 0.1) is 5.82 Å². The van der Waals surface area contributed by atoms with Gasteiger partial charge >= 0.3 is 12.5 Å². The van der Waals surface area contributed by atoms with Crippen molar-refractivity contribution in [1.29, 1.82) is 0 Å². The molecule has 32 heavy (non-hydrogen) atoms.